The smallest absolute Gasteiger partial charge is 0.307 e. The summed E-state index contributed by atoms with van der Waals surface area (Å²) in [6, 6.07) is 0. The molecule has 1 N–H and O–H groups in total. The molecule has 0 aliphatic heterocycles. The zero-order chi connectivity index (χ0) is 12.5. The van der Waals surface area contributed by atoms with E-state index in [9.17, 15) is 9.59 Å². The highest BCUT2D eigenvalue weighted by Crippen LogP contribution is 1.89. The highest BCUT2D eigenvalue weighted by molar-refractivity contribution is 5.76. The lowest BCUT2D eigenvalue weighted by atomic mass is 10.3. The van der Waals surface area contributed by atoms with Crippen LogP contribution in [0.4, 0.5) is 0 Å². The zero-order valence-electron chi connectivity index (χ0n) is 9.76. The van der Waals surface area contributed by atoms with Gasteiger partial charge in [-0.15, -0.1) is 5.10 Å². The maximum atomic E-state index is 11.4. The minimum atomic E-state index is -0.302. The molecule has 0 saturated carbocycles. The predicted octanol–water partition coefficient (Wildman–Crippen LogP) is -0.262. The van der Waals surface area contributed by atoms with Gasteiger partial charge in [0.15, 0.2) is 0 Å². The number of carbonyl (C=O) groups excluding carboxylic acids is 2. The van der Waals surface area contributed by atoms with Crippen LogP contribution in [0.5, 0.6) is 0 Å². The summed E-state index contributed by atoms with van der Waals surface area (Å²) < 4.78 is 6.30. The van der Waals surface area contributed by atoms with E-state index in [1.165, 1.54) is 0 Å². The van der Waals surface area contributed by atoms with Gasteiger partial charge in [-0.1, -0.05) is 5.21 Å². The molecule has 0 atom stereocenters. The Balaban J connectivity index is 2.07. The van der Waals surface area contributed by atoms with Gasteiger partial charge in [-0.05, 0) is 6.92 Å². The molecule has 1 heterocycles. The molecule has 0 unspecified atom stereocenters. The van der Waals surface area contributed by atoms with E-state index in [1.54, 1.807) is 24.0 Å². The van der Waals surface area contributed by atoms with E-state index < -0.39 is 0 Å². The van der Waals surface area contributed by atoms with Crippen LogP contribution in [0.15, 0.2) is 12.4 Å². The fourth-order valence-electron chi connectivity index (χ4n) is 1.19. The SMILES string of the molecule is CCOC(=O)CCNC(=O)CCn1ccnn1. The van der Waals surface area contributed by atoms with Crippen LogP contribution in [-0.2, 0) is 20.9 Å². The van der Waals surface area contributed by atoms with Crippen LogP contribution in [0.1, 0.15) is 19.8 Å². The lowest BCUT2D eigenvalue weighted by Gasteiger charge is -2.04. The Bertz CT molecular complexity index is 350. The van der Waals surface area contributed by atoms with E-state index in [0.717, 1.165) is 0 Å². The van der Waals surface area contributed by atoms with Crippen molar-refractivity contribution in [2.75, 3.05) is 13.2 Å². The van der Waals surface area contributed by atoms with Gasteiger partial charge in [-0.2, -0.15) is 0 Å². The molecule has 0 aliphatic rings. The molecule has 7 heteroatoms. The Kier molecular flexibility index (Phi) is 5.70. The van der Waals surface area contributed by atoms with Gasteiger partial charge in [0, 0.05) is 19.2 Å². The minimum absolute atomic E-state index is 0.121. The molecule has 0 bridgehead atoms. The van der Waals surface area contributed by atoms with Crippen molar-refractivity contribution in [2.45, 2.75) is 26.3 Å². The molecule has 7 nitrogen and oxygen atoms in total. The van der Waals surface area contributed by atoms with Crippen molar-refractivity contribution in [3.05, 3.63) is 12.4 Å². The number of carbonyl (C=O) groups is 2. The summed E-state index contributed by atoms with van der Waals surface area (Å²) in [4.78, 5) is 22.3. The number of nitrogens with zero attached hydrogens (tertiary/aromatic N) is 3. The van der Waals surface area contributed by atoms with Crippen LogP contribution in [-0.4, -0.2) is 40.0 Å². The second kappa shape index (κ2) is 7.37. The molecule has 0 aromatic carbocycles. The van der Waals surface area contributed by atoms with Gasteiger partial charge in [-0.25, -0.2) is 0 Å². The first kappa shape index (κ1) is 13.1. The van der Waals surface area contributed by atoms with Crippen molar-refractivity contribution >= 4 is 11.9 Å². The van der Waals surface area contributed by atoms with E-state index >= 15 is 0 Å². The van der Waals surface area contributed by atoms with Crippen molar-refractivity contribution in [2.24, 2.45) is 0 Å². The van der Waals surface area contributed by atoms with Crippen molar-refractivity contribution in [1.29, 1.82) is 0 Å². The molecule has 0 spiro atoms. The number of aryl methyl sites for hydroxylation is 1. The summed E-state index contributed by atoms with van der Waals surface area (Å²) in [7, 11) is 0. The summed E-state index contributed by atoms with van der Waals surface area (Å²) in [5.41, 5.74) is 0. The Morgan fingerprint density at radius 1 is 1.41 bits per heavy atom. The van der Waals surface area contributed by atoms with Crippen molar-refractivity contribution in [1.82, 2.24) is 20.3 Å². The average molecular weight is 240 g/mol. The number of ether oxygens (including phenoxy) is 1. The molecule has 0 radical (unpaired) electrons. The van der Waals surface area contributed by atoms with Gasteiger partial charge in [-0.3, -0.25) is 14.3 Å². The minimum Gasteiger partial charge on any atom is -0.466 e. The Morgan fingerprint density at radius 3 is 2.88 bits per heavy atom. The number of nitrogens with one attached hydrogen (secondary N) is 1. The zero-order valence-corrected chi connectivity index (χ0v) is 9.76. The molecular formula is C10H16N4O3. The van der Waals surface area contributed by atoms with Gasteiger partial charge in [0.2, 0.25) is 5.91 Å². The largest absolute Gasteiger partial charge is 0.466 e. The fourth-order valence-corrected chi connectivity index (χ4v) is 1.19. The monoisotopic (exact) mass is 240 g/mol. The van der Waals surface area contributed by atoms with Gasteiger partial charge < -0.3 is 10.1 Å². The first-order valence-corrected chi connectivity index (χ1v) is 5.48. The predicted molar refractivity (Wildman–Crippen MR) is 58.9 cm³/mol. The van der Waals surface area contributed by atoms with E-state index in [-0.39, 0.29) is 18.3 Å². The molecule has 17 heavy (non-hydrogen) atoms. The van der Waals surface area contributed by atoms with Gasteiger partial charge in [0.1, 0.15) is 0 Å². The quantitative estimate of drug-likeness (QED) is 0.663. The van der Waals surface area contributed by atoms with Crippen molar-refractivity contribution in [3.8, 4) is 0 Å². The highest BCUT2D eigenvalue weighted by Gasteiger charge is 2.04. The molecule has 1 aromatic rings. The first-order valence-electron chi connectivity index (χ1n) is 5.48. The third-order valence-electron chi connectivity index (χ3n) is 2.00. The van der Waals surface area contributed by atoms with E-state index in [1.807, 2.05) is 0 Å². The Morgan fingerprint density at radius 2 is 2.24 bits per heavy atom. The second-order valence-corrected chi connectivity index (χ2v) is 3.32. The van der Waals surface area contributed by atoms with Crippen LogP contribution in [0, 0.1) is 0 Å². The summed E-state index contributed by atoms with van der Waals surface area (Å²) in [6.45, 7) is 2.88. The number of hydrogen-bond acceptors (Lipinski definition) is 5. The number of amides is 1. The highest BCUT2D eigenvalue weighted by atomic mass is 16.5. The molecule has 1 aromatic heterocycles. The lowest BCUT2D eigenvalue weighted by Crippen LogP contribution is -2.27. The first-order chi connectivity index (χ1) is 8.22. The maximum absolute atomic E-state index is 11.4. The summed E-state index contributed by atoms with van der Waals surface area (Å²) in [6.07, 6.45) is 3.75. The third kappa shape index (κ3) is 5.64. The fraction of sp³-hybridized carbons (Fsp3) is 0.600. The summed E-state index contributed by atoms with van der Waals surface area (Å²) in [5, 5.41) is 9.99. The number of aromatic nitrogens is 3. The van der Waals surface area contributed by atoms with Gasteiger partial charge in [0.05, 0.1) is 25.8 Å². The third-order valence-corrected chi connectivity index (χ3v) is 2.00. The van der Waals surface area contributed by atoms with Crippen molar-refractivity contribution in [3.63, 3.8) is 0 Å². The lowest BCUT2D eigenvalue weighted by molar-refractivity contribution is -0.143. The number of hydrogen-bond donors (Lipinski definition) is 1. The Hall–Kier alpha value is -1.92. The normalized spacial score (nSPS) is 9.94. The summed E-state index contributed by atoms with van der Waals surface area (Å²) >= 11 is 0. The Labute approximate surface area is 99.1 Å². The molecule has 0 saturated heterocycles. The van der Waals surface area contributed by atoms with Crippen LogP contribution in [0.3, 0.4) is 0 Å². The van der Waals surface area contributed by atoms with Gasteiger partial charge in [0.25, 0.3) is 0 Å². The van der Waals surface area contributed by atoms with E-state index in [2.05, 4.69) is 15.6 Å². The number of rotatable bonds is 7. The molecule has 94 valence electrons. The van der Waals surface area contributed by atoms with E-state index in [0.29, 0.717) is 26.1 Å². The van der Waals surface area contributed by atoms with Crippen molar-refractivity contribution < 1.29 is 14.3 Å². The van der Waals surface area contributed by atoms with Crippen LogP contribution >= 0.6 is 0 Å². The molecule has 1 rings (SSSR count). The standard InChI is InChI=1S/C10H16N4O3/c1-2-17-10(16)3-5-11-9(15)4-7-14-8-6-12-13-14/h6,8H,2-5,7H2,1H3,(H,11,15). The maximum Gasteiger partial charge on any atom is 0.307 e. The topological polar surface area (TPSA) is 86.1 Å². The molecule has 0 fully saturated rings. The average Bonchev–Trinajstić information content (AvgIpc) is 2.79. The van der Waals surface area contributed by atoms with E-state index in [4.69, 9.17) is 4.74 Å². The summed E-state index contributed by atoms with van der Waals surface area (Å²) in [5.74, 6) is -0.422. The molecular weight excluding hydrogens is 224 g/mol. The second-order valence-electron chi connectivity index (χ2n) is 3.32. The van der Waals surface area contributed by atoms with Crippen LogP contribution in [0.2, 0.25) is 0 Å². The number of esters is 1. The van der Waals surface area contributed by atoms with Crippen LogP contribution < -0.4 is 5.32 Å². The molecule has 1 amide bonds. The van der Waals surface area contributed by atoms with Gasteiger partial charge >= 0.3 is 5.97 Å². The van der Waals surface area contributed by atoms with Crippen LogP contribution in [0.25, 0.3) is 0 Å². The molecule has 0 aliphatic carbocycles.